The van der Waals surface area contributed by atoms with Crippen molar-refractivity contribution in [2.45, 2.75) is 13.3 Å². The average molecular weight is 187 g/mol. The van der Waals surface area contributed by atoms with Crippen LogP contribution < -0.4 is 11.1 Å². The Bertz CT molecular complexity index is 150. The highest BCUT2D eigenvalue weighted by Gasteiger charge is 2.14. The Morgan fingerprint density at radius 2 is 2.23 bits per heavy atom. The molecule has 1 atom stereocenters. The Morgan fingerprint density at radius 3 is 2.69 bits per heavy atom. The van der Waals surface area contributed by atoms with Gasteiger partial charge in [-0.15, -0.1) is 0 Å². The predicted octanol–water partition coefficient (Wildman–Crippen LogP) is -0.351. The maximum Gasteiger partial charge on any atom is 0.226 e. The molecule has 1 unspecified atom stereocenters. The number of carbonyl (C=O) groups excluding carboxylic acids is 1. The fourth-order valence-corrected chi connectivity index (χ4v) is 1.08. The first kappa shape index (κ1) is 12.4. The van der Waals surface area contributed by atoms with Gasteiger partial charge in [0.05, 0.1) is 0 Å². The van der Waals surface area contributed by atoms with Gasteiger partial charge in [0.1, 0.15) is 0 Å². The van der Waals surface area contributed by atoms with E-state index in [4.69, 9.17) is 5.73 Å². The lowest BCUT2D eigenvalue weighted by Gasteiger charge is -2.20. The second kappa shape index (κ2) is 6.86. The number of nitrogens with one attached hydrogen (secondary N) is 1. The van der Waals surface area contributed by atoms with Crippen LogP contribution in [-0.2, 0) is 4.79 Å². The number of amides is 1. The van der Waals surface area contributed by atoms with Crippen molar-refractivity contribution in [2.75, 3.05) is 33.7 Å². The Labute approximate surface area is 80.5 Å². The van der Waals surface area contributed by atoms with Crippen LogP contribution in [-0.4, -0.2) is 44.5 Å². The molecule has 1 amide bonds. The van der Waals surface area contributed by atoms with Gasteiger partial charge in [0, 0.05) is 26.1 Å². The number of carbonyl (C=O) groups is 1. The van der Waals surface area contributed by atoms with Crippen LogP contribution in [0.1, 0.15) is 13.3 Å². The molecular weight excluding hydrogens is 166 g/mol. The molecule has 0 aromatic rings. The second-order valence-electron chi connectivity index (χ2n) is 3.35. The van der Waals surface area contributed by atoms with Gasteiger partial charge in [-0.1, -0.05) is 6.92 Å². The van der Waals surface area contributed by atoms with Crippen LogP contribution in [0, 0.1) is 5.92 Å². The first-order valence-corrected chi connectivity index (χ1v) is 4.73. The quantitative estimate of drug-likeness (QED) is 0.559. The highest BCUT2D eigenvalue weighted by Crippen LogP contribution is 1.98. The molecule has 78 valence electrons. The van der Waals surface area contributed by atoms with Crippen LogP contribution >= 0.6 is 0 Å². The molecule has 0 spiro atoms. The Kier molecular flexibility index (Phi) is 6.54. The third kappa shape index (κ3) is 4.85. The third-order valence-corrected chi connectivity index (χ3v) is 2.07. The monoisotopic (exact) mass is 187 g/mol. The summed E-state index contributed by atoms with van der Waals surface area (Å²) >= 11 is 0. The molecule has 0 aromatic heterocycles. The van der Waals surface area contributed by atoms with Gasteiger partial charge >= 0.3 is 0 Å². The SMILES string of the molecule is CNCCCN(C)C(=O)C(C)CN. The smallest absolute Gasteiger partial charge is 0.226 e. The minimum Gasteiger partial charge on any atom is -0.345 e. The van der Waals surface area contributed by atoms with E-state index in [9.17, 15) is 4.79 Å². The van der Waals surface area contributed by atoms with E-state index >= 15 is 0 Å². The van der Waals surface area contributed by atoms with Crippen molar-refractivity contribution in [3.8, 4) is 0 Å². The van der Waals surface area contributed by atoms with Crippen LogP contribution in [0.5, 0.6) is 0 Å². The lowest BCUT2D eigenvalue weighted by Crippen LogP contribution is -2.36. The van der Waals surface area contributed by atoms with Gasteiger partial charge in [0.15, 0.2) is 0 Å². The summed E-state index contributed by atoms with van der Waals surface area (Å²) in [6.45, 7) is 4.02. The normalized spacial score (nSPS) is 12.6. The average Bonchev–Trinajstić information content (AvgIpc) is 2.15. The topological polar surface area (TPSA) is 58.4 Å². The molecule has 0 bridgehead atoms. The van der Waals surface area contributed by atoms with Gasteiger partial charge in [0.2, 0.25) is 5.91 Å². The van der Waals surface area contributed by atoms with Crippen molar-refractivity contribution in [3.05, 3.63) is 0 Å². The van der Waals surface area contributed by atoms with E-state index in [1.807, 2.05) is 21.0 Å². The van der Waals surface area contributed by atoms with E-state index in [2.05, 4.69) is 5.32 Å². The molecule has 4 heteroatoms. The summed E-state index contributed by atoms with van der Waals surface area (Å²) in [6.07, 6.45) is 0.982. The number of hydrogen-bond donors (Lipinski definition) is 2. The van der Waals surface area contributed by atoms with Crippen LogP contribution in [0.2, 0.25) is 0 Å². The fourth-order valence-electron chi connectivity index (χ4n) is 1.08. The molecule has 0 aliphatic heterocycles. The van der Waals surface area contributed by atoms with Crippen molar-refractivity contribution in [3.63, 3.8) is 0 Å². The van der Waals surface area contributed by atoms with Crippen LogP contribution in [0.25, 0.3) is 0 Å². The molecule has 0 heterocycles. The molecule has 13 heavy (non-hydrogen) atoms. The van der Waals surface area contributed by atoms with Crippen molar-refractivity contribution >= 4 is 5.91 Å². The maximum absolute atomic E-state index is 11.5. The second-order valence-corrected chi connectivity index (χ2v) is 3.35. The molecule has 4 nitrogen and oxygen atoms in total. The molecule has 3 N–H and O–H groups in total. The van der Waals surface area contributed by atoms with Gasteiger partial charge in [-0.3, -0.25) is 4.79 Å². The van der Waals surface area contributed by atoms with E-state index in [0.29, 0.717) is 6.54 Å². The molecule has 0 fully saturated rings. The minimum atomic E-state index is -0.0559. The van der Waals surface area contributed by atoms with Crippen molar-refractivity contribution in [2.24, 2.45) is 11.7 Å². The molecule has 0 rings (SSSR count). The Hall–Kier alpha value is -0.610. The molecule has 0 saturated heterocycles. The maximum atomic E-state index is 11.5. The van der Waals surface area contributed by atoms with Gasteiger partial charge < -0.3 is 16.0 Å². The van der Waals surface area contributed by atoms with Crippen molar-refractivity contribution in [1.82, 2.24) is 10.2 Å². The fraction of sp³-hybridized carbons (Fsp3) is 0.889. The highest BCUT2D eigenvalue weighted by atomic mass is 16.2. The first-order chi connectivity index (χ1) is 6.13. The lowest BCUT2D eigenvalue weighted by molar-refractivity contribution is -0.133. The molecule has 0 aliphatic rings. The number of nitrogens with zero attached hydrogens (tertiary/aromatic N) is 1. The van der Waals surface area contributed by atoms with Gasteiger partial charge in [0.25, 0.3) is 0 Å². The van der Waals surface area contributed by atoms with Crippen LogP contribution in [0.3, 0.4) is 0 Å². The molecular formula is C9H21N3O. The van der Waals surface area contributed by atoms with Crippen LogP contribution in [0.15, 0.2) is 0 Å². The van der Waals surface area contributed by atoms with E-state index in [0.717, 1.165) is 19.5 Å². The van der Waals surface area contributed by atoms with Gasteiger partial charge in [-0.2, -0.15) is 0 Å². The minimum absolute atomic E-state index is 0.0559. The van der Waals surface area contributed by atoms with E-state index < -0.39 is 0 Å². The molecule has 0 aromatic carbocycles. The predicted molar refractivity (Wildman–Crippen MR) is 54.4 cm³/mol. The van der Waals surface area contributed by atoms with Crippen molar-refractivity contribution < 1.29 is 4.79 Å². The summed E-state index contributed by atoms with van der Waals surface area (Å²) in [7, 11) is 3.73. The highest BCUT2D eigenvalue weighted by molar-refractivity contribution is 5.78. The van der Waals surface area contributed by atoms with E-state index in [1.165, 1.54) is 0 Å². The van der Waals surface area contributed by atoms with Gasteiger partial charge in [-0.05, 0) is 20.0 Å². The first-order valence-electron chi connectivity index (χ1n) is 4.73. The summed E-state index contributed by atoms with van der Waals surface area (Å²) in [5.41, 5.74) is 5.41. The Balaban J connectivity index is 3.69. The molecule has 0 aliphatic carbocycles. The summed E-state index contributed by atoms with van der Waals surface area (Å²) < 4.78 is 0. The third-order valence-electron chi connectivity index (χ3n) is 2.07. The zero-order valence-electron chi connectivity index (χ0n) is 8.84. The standard InChI is InChI=1S/C9H21N3O/c1-8(7-10)9(13)12(3)6-4-5-11-2/h8,11H,4-7,10H2,1-3H3. The molecule has 0 saturated carbocycles. The summed E-state index contributed by atoms with van der Waals surface area (Å²) in [5, 5.41) is 3.04. The number of rotatable bonds is 6. The molecule has 0 radical (unpaired) electrons. The summed E-state index contributed by atoms with van der Waals surface area (Å²) in [6, 6.07) is 0. The largest absolute Gasteiger partial charge is 0.345 e. The summed E-state index contributed by atoms with van der Waals surface area (Å²) in [4.78, 5) is 13.2. The Morgan fingerprint density at radius 1 is 1.62 bits per heavy atom. The van der Waals surface area contributed by atoms with E-state index in [1.54, 1.807) is 4.90 Å². The zero-order valence-corrected chi connectivity index (χ0v) is 8.84. The lowest BCUT2D eigenvalue weighted by atomic mass is 10.1. The number of nitrogens with two attached hydrogens (primary N) is 1. The number of hydrogen-bond acceptors (Lipinski definition) is 3. The van der Waals surface area contributed by atoms with Crippen LogP contribution in [0.4, 0.5) is 0 Å². The van der Waals surface area contributed by atoms with E-state index in [-0.39, 0.29) is 11.8 Å². The van der Waals surface area contributed by atoms with Gasteiger partial charge in [-0.25, -0.2) is 0 Å². The van der Waals surface area contributed by atoms with Crippen molar-refractivity contribution in [1.29, 1.82) is 0 Å². The zero-order chi connectivity index (χ0) is 10.3. The summed E-state index contributed by atoms with van der Waals surface area (Å²) in [5.74, 6) is 0.0817.